The van der Waals surface area contributed by atoms with Gasteiger partial charge < -0.3 is 5.11 Å². The van der Waals surface area contributed by atoms with Gasteiger partial charge in [-0.1, -0.05) is 41.9 Å². The summed E-state index contributed by atoms with van der Waals surface area (Å²) in [6.07, 6.45) is 4.52. The van der Waals surface area contributed by atoms with Gasteiger partial charge >= 0.3 is 0 Å². The standard InChI is InChI=1S/C15H24BrClO/c1-10-7-11(18)8-13(2,3)15(10)6-5-14(4,17)12(16)9-15/h11-12,18H,1,5-9H2,2-4H3. The predicted octanol–water partition coefficient (Wildman–Crippen LogP) is 4.65. The molecule has 2 fully saturated rings. The van der Waals surface area contributed by atoms with Gasteiger partial charge in [-0.2, -0.15) is 0 Å². The van der Waals surface area contributed by atoms with E-state index in [2.05, 4.69) is 43.3 Å². The largest absolute Gasteiger partial charge is 0.393 e. The second kappa shape index (κ2) is 4.49. The molecule has 2 saturated carbocycles. The van der Waals surface area contributed by atoms with Crippen LogP contribution in [-0.2, 0) is 0 Å². The molecule has 0 bridgehead atoms. The highest BCUT2D eigenvalue weighted by molar-refractivity contribution is 9.09. The van der Waals surface area contributed by atoms with Crippen LogP contribution in [0.3, 0.4) is 0 Å². The molecular weight excluding hydrogens is 312 g/mol. The first kappa shape index (κ1) is 14.9. The lowest BCUT2D eigenvalue weighted by Gasteiger charge is -2.58. The maximum atomic E-state index is 10.00. The lowest BCUT2D eigenvalue weighted by atomic mass is 9.49. The highest BCUT2D eigenvalue weighted by Crippen LogP contribution is 2.62. The minimum Gasteiger partial charge on any atom is -0.393 e. The zero-order valence-electron chi connectivity index (χ0n) is 11.6. The van der Waals surface area contributed by atoms with Crippen molar-refractivity contribution in [1.29, 1.82) is 0 Å². The lowest BCUT2D eigenvalue weighted by Crippen LogP contribution is -2.53. The predicted molar refractivity (Wildman–Crippen MR) is 81.4 cm³/mol. The second-order valence-electron chi connectivity index (χ2n) is 7.08. The Labute approximate surface area is 124 Å². The third-order valence-corrected chi connectivity index (χ3v) is 7.47. The fraction of sp³-hybridized carbons (Fsp3) is 0.867. The van der Waals surface area contributed by atoms with Crippen LogP contribution in [0, 0.1) is 10.8 Å². The minimum atomic E-state index is -0.226. The van der Waals surface area contributed by atoms with Crippen molar-refractivity contribution in [3.05, 3.63) is 12.2 Å². The van der Waals surface area contributed by atoms with Crippen molar-refractivity contribution < 1.29 is 5.11 Å². The second-order valence-corrected chi connectivity index (χ2v) is 9.05. The Morgan fingerprint density at radius 1 is 1.28 bits per heavy atom. The molecule has 2 rings (SSSR count). The molecule has 0 aromatic rings. The van der Waals surface area contributed by atoms with Crippen molar-refractivity contribution in [3.8, 4) is 0 Å². The molecule has 0 heterocycles. The van der Waals surface area contributed by atoms with Gasteiger partial charge in [0, 0.05) is 4.83 Å². The van der Waals surface area contributed by atoms with Crippen molar-refractivity contribution in [3.63, 3.8) is 0 Å². The Hall–Kier alpha value is 0.470. The topological polar surface area (TPSA) is 20.2 Å². The van der Waals surface area contributed by atoms with Crippen LogP contribution >= 0.6 is 27.5 Å². The first-order chi connectivity index (χ1) is 8.11. The first-order valence-electron chi connectivity index (χ1n) is 6.80. The Morgan fingerprint density at radius 2 is 1.89 bits per heavy atom. The lowest BCUT2D eigenvalue weighted by molar-refractivity contribution is -0.0271. The minimum absolute atomic E-state index is 0.0984. The van der Waals surface area contributed by atoms with E-state index in [1.807, 2.05) is 0 Å². The van der Waals surface area contributed by atoms with Gasteiger partial charge in [-0.15, -0.1) is 11.6 Å². The summed E-state index contributed by atoms with van der Waals surface area (Å²) in [6.45, 7) is 11.0. The molecule has 4 unspecified atom stereocenters. The Balaban J connectivity index is 2.33. The van der Waals surface area contributed by atoms with Gasteiger partial charge in [-0.25, -0.2) is 0 Å². The first-order valence-corrected chi connectivity index (χ1v) is 8.09. The third kappa shape index (κ3) is 2.19. The average molecular weight is 336 g/mol. The Morgan fingerprint density at radius 3 is 2.39 bits per heavy atom. The van der Waals surface area contributed by atoms with Crippen molar-refractivity contribution >= 4 is 27.5 Å². The zero-order chi connectivity index (χ0) is 13.8. The van der Waals surface area contributed by atoms with Crippen molar-refractivity contribution in [2.45, 2.75) is 68.7 Å². The van der Waals surface area contributed by atoms with Gasteiger partial charge in [0.15, 0.2) is 0 Å². The summed E-state index contributed by atoms with van der Waals surface area (Å²) in [4.78, 5) is 0.157. The maximum absolute atomic E-state index is 10.00. The molecule has 2 aliphatic carbocycles. The molecule has 0 radical (unpaired) electrons. The fourth-order valence-corrected chi connectivity index (χ4v) is 4.94. The van der Waals surface area contributed by atoms with E-state index in [4.69, 9.17) is 11.6 Å². The molecule has 3 heteroatoms. The highest BCUT2D eigenvalue weighted by atomic mass is 79.9. The highest BCUT2D eigenvalue weighted by Gasteiger charge is 2.56. The molecule has 0 aromatic heterocycles. The number of hydrogen-bond donors (Lipinski definition) is 1. The fourth-order valence-electron chi connectivity index (χ4n) is 3.99. The number of aliphatic hydroxyl groups excluding tert-OH is 1. The average Bonchev–Trinajstić information content (AvgIpc) is 2.19. The number of alkyl halides is 2. The molecule has 0 aliphatic heterocycles. The number of rotatable bonds is 0. The quantitative estimate of drug-likeness (QED) is 0.504. The van der Waals surface area contributed by atoms with Crippen LogP contribution < -0.4 is 0 Å². The van der Waals surface area contributed by atoms with E-state index in [1.54, 1.807) is 0 Å². The SMILES string of the molecule is C=C1CC(O)CC(C)(C)C12CCC(C)(Cl)C(Br)C2. The number of aliphatic hydroxyl groups is 1. The van der Waals surface area contributed by atoms with Gasteiger partial charge in [0.1, 0.15) is 0 Å². The smallest absolute Gasteiger partial charge is 0.0582 e. The van der Waals surface area contributed by atoms with Crippen LogP contribution in [-0.4, -0.2) is 20.9 Å². The van der Waals surface area contributed by atoms with Crippen LogP contribution in [0.1, 0.15) is 52.9 Å². The van der Waals surface area contributed by atoms with E-state index in [0.717, 1.165) is 32.1 Å². The van der Waals surface area contributed by atoms with Crippen LogP contribution in [0.4, 0.5) is 0 Å². The summed E-state index contributed by atoms with van der Waals surface area (Å²) in [5.74, 6) is 0. The molecule has 1 spiro atoms. The van der Waals surface area contributed by atoms with E-state index in [-0.39, 0.29) is 21.8 Å². The van der Waals surface area contributed by atoms with E-state index >= 15 is 0 Å². The van der Waals surface area contributed by atoms with Crippen LogP contribution in [0.5, 0.6) is 0 Å². The van der Waals surface area contributed by atoms with Gasteiger partial charge in [0.25, 0.3) is 0 Å². The van der Waals surface area contributed by atoms with E-state index in [1.165, 1.54) is 5.57 Å². The zero-order valence-corrected chi connectivity index (χ0v) is 13.9. The summed E-state index contributed by atoms with van der Waals surface area (Å²) in [5.41, 5.74) is 1.46. The summed E-state index contributed by atoms with van der Waals surface area (Å²) in [6, 6.07) is 0. The molecule has 1 N–H and O–H groups in total. The van der Waals surface area contributed by atoms with Crippen LogP contribution in [0.15, 0.2) is 12.2 Å². The number of hydrogen-bond acceptors (Lipinski definition) is 1. The van der Waals surface area contributed by atoms with Gasteiger partial charge in [0.2, 0.25) is 0 Å². The molecule has 104 valence electrons. The van der Waals surface area contributed by atoms with Gasteiger partial charge in [-0.05, 0) is 49.9 Å². The van der Waals surface area contributed by atoms with Crippen LogP contribution in [0.2, 0.25) is 0 Å². The molecular formula is C15H24BrClO. The van der Waals surface area contributed by atoms with Crippen molar-refractivity contribution in [2.75, 3.05) is 0 Å². The molecule has 18 heavy (non-hydrogen) atoms. The van der Waals surface area contributed by atoms with Gasteiger partial charge in [0.05, 0.1) is 11.0 Å². The van der Waals surface area contributed by atoms with Crippen LogP contribution in [0.25, 0.3) is 0 Å². The normalized spacial score (nSPS) is 48.4. The molecule has 1 nitrogen and oxygen atoms in total. The van der Waals surface area contributed by atoms with Gasteiger partial charge in [-0.3, -0.25) is 0 Å². The Bertz CT molecular complexity index is 364. The Kier molecular flexibility index (Phi) is 3.71. The summed E-state index contributed by atoms with van der Waals surface area (Å²) >= 11 is 10.3. The summed E-state index contributed by atoms with van der Waals surface area (Å²) in [5, 5.41) is 10.00. The molecule has 0 aromatic carbocycles. The van der Waals surface area contributed by atoms with E-state index < -0.39 is 0 Å². The third-order valence-electron chi connectivity index (χ3n) is 5.42. The van der Waals surface area contributed by atoms with E-state index in [0.29, 0.717) is 4.83 Å². The monoisotopic (exact) mass is 334 g/mol. The van der Waals surface area contributed by atoms with Crippen molar-refractivity contribution in [2.24, 2.45) is 10.8 Å². The summed E-state index contributed by atoms with van der Waals surface area (Å²) < 4.78 is 0. The molecule has 0 amide bonds. The summed E-state index contributed by atoms with van der Waals surface area (Å²) in [7, 11) is 0. The molecule has 0 saturated heterocycles. The number of halogens is 2. The maximum Gasteiger partial charge on any atom is 0.0582 e. The molecule has 4 atom stereocenters. The molecule has 2 aliphatic rings. The van der Waals surface area contributed by atoms with Crippen molar-refractivity contribution in [1.82, 2.24) is 0 Å². The van der Waals surface area contributed by atoms with E-state index in [9.17, 15) is 5.11 Å².